The third-order valence-corrected chi connectivity index (χ3v) is 14.6. The monoisotopic (exact) mass is 584 g/mol. The molecule has 0 heterocycles. The van der Waals surface area contributed by atoms with Crippen LogP contribution in [0.2, 0.25) is 0 Å². The summed E-state index contributed by atoms with van der Waals surface area (Å²) in [5, 5.41) is 9.02. The Morgan fingerprint density at radius 1 is 0.810 bits per heavy atom. The molecule has 5 aliphatic rings. The summed E-state index contributed by atoms with van der Waals surface area (Å²) in [6, 6.07) is 0. The van der Waals surface area contributed by atoms with Crippen LogP contribution < -0.4 is 0 Å². The quantitative estimate of drug-likeness (QED) is 0.241. The topological polar surface area (TPSA) is 89.9 Å². The SMILES string of the molecule is C=C(C)[C@@H]1CC[C@]2(COC(C)=O)CC[C@]3(C)[C@H](CC[C@@H]4[C@@]5(C)CC[C@H](OC(=O)CCC(=O)O)C(C)(C)[C@H]5CC[C@]43C)[C@H]12. The summed E-state index contributed by atoms with van der Waals surface area (Å²) in [6.45, 7) is 21.2. The minimum atomic E-state index is -0.961. The van der Waals surface area contributed by atoms with E-state index in [4.69, 9.17) is 14.6 Å². The minimum Gasteiger partial charge on any atom is -0.481 e. The number of ether oxygens (including phenoxy) is 2. The third kappa shape index (κ3) is 4.67. The van der Waals surface area contributed by atoms with Crippen LogP contribution in [0, 0.1) is 56.7 Å². The molecular formula is C36H56O6. The zero-order valence-corrected chi connectivity index (χ0v) is 27.4. The van der Waals surface area contributed by atoms with E-state index in [-0.39, 0.29) is 58.0 Å². The Morgan fingerprint density at radius 3 is 2.17 bits per heavy atom. The molecule has 0 aromatic carbocycles. The highest BCUT2D eigenvalue weighted by atomic mass is 16.5. The Kier molecular flexibility index (Phi) is 8.00. The Hall–Kier alpha value is -1.85. The molecule has 1 N–H and O–H groups in total. The molecule has 10 atom stereocenters. The molecule has 42 heavy (non-hydrogen) atoms. The second-order valence-corrected chi connectivity index (χ2v) is 16.6. The van der Waals surface area contributed by atoms with Gasteiger partial charge in [-0.15, -0.1) is 0 Å². The van der Waals surface area contributed by atoms with E-state index in [9.17, 15) is 14.4 Å². The summed E-state index contributed by atoms with van der Waals surface area (Å²) in [5.74, 6) is 1.19. The number of hydrogen-bond donors (Lipinski definition) is 1. The molecule has 6 heteroatoms. The van der Waals surface area contributed by atoms with Gasteiger partial charge in [-0.1, -0.05) is 46.8 Å². The standard InChI is InChI=1S/C36H56O6/c1-22(2)24-13-18-36(21-41-23(3)37)20-19-34(7)25(31(24)36)9-10-27-33(6)16-15-28(42-30(40)12-11-29(38)39)32(4,5)26(33)14-17-35(27,34)8/h24-28,31H,1,9-21H2,2-8H3,(H,38,39)/t24-,25+,26+,27+,28-,31-,33-,34+,35+,36+/m0/s1. The normalized spacial score (nSPS) is 45.4. The van der Waals surface area contributed by atoms with E-state index in [1.165, 1.54) is 31.3 Å². The number of hydrogen-bond acceptors (Lipinski definition) is 5. The molecule has 0 bridgehead atoms. The zero-order chi connectivity index (χ0) is 30.9. The van der Waals surface area contributed by atoms with E-state index in [1.807, 2.05) is 0 Å². The minimum absolute atomic E-state index is 0.0599. The summed E-state index contributed by atoms with van der Waals surface area (Å²) in [5.41, 5.74) is 1.83. The number of esters is 2. The van der Waals surface area contributed by atoms with Crippen molar-refractivity contribution < 1.29 is 29.0 Å². The Balaban J connectivity index is 1.42. The second-order valence-electron chi connectivity index (χ2n) is 16.6. The van der Waals surface area contributed by atoms with Gasteiger partial charge in [0.1, 0.15) is 6.10 Å². The lowest BCUT2D eigenvalue weighted by Crippen LogP contribution is -2.67. The van der Waals surface area contributed by atoms with Crippen molar-refractivity contribution in [2.45, 2.75) is 132 Å². The fourth-order valence-corrected chi connectivity index (χ4v) is 12.4. The summed E-state index contributed by atoms with van der Waals surface area (Å²) in [7, 11) is 0. The molecule has 0 unspecified atom stereocenters. The van der Waals surface area contributed by atoms with E-state index < -0.39 is 5.97 Å². The van der Waals surface area contributed by atoms with Crippen LogP contribution in [0.4, 0.5) is 0 Å². The van der Waals surface area contributed by atoms with Crippen molar-refractivity contribution in [2.75, 3.05) is 6.61 Å². The molecule has 5 fully saturated rings. The highest BCUT2D eigenvalue weighted by molar-refractivity contribution is 5.76. The molecule has 236 valence electrons. The van der Waals surface area contributed by atoms with Crippen LogP contribution in [0.3, 0.4) is 0 Å². The third-order valence-electron chi connectivity index (χ3n) is 14.6. The first-order valence-corrected chi connectivity index (χ1v) is 16.7. The van der Waals surface area contributed by atoms with Crippen molar-refractivity contribution in [3.8, 4) is 0 Å². The largest absolute Gasteiger partial charge is 0.481 e. The number of aliphatic carboxylic acids is 1. The van der Waals surface area contributed by atoms with Crippen LogP contribution in [0.1, 0.15) is 126 Å². The average Bonchev–Trinajstić information content (AvgIpc) is 3.29. The number of carboxylic acids is 1. The number of allylic oxidation sites excluding steroid dienone is 1. The first-order valence-electron chi connectivity index (χ1n) is 16.7. The molecule has 0 spiro atoms. The summed E-state index contributed by atoms with van der Waals surface area (Å²) < 4.78 is 11.8. The molecule has 6 nitrogen and oxygen atoms in total. The zero-order valence-electron chi connectivity index (χ0n) is 27.4. The van der Waals surface area contributed by atoms with Gasteiger partial charge >= 0.3 is 17.9 Å². The van der Waals surface area contributed by atoms with Crippen LogP contribution in [0.25, 0.3) is 0 Å². The first-order chi connectivity index (χ1) is 19.5. The lowest BCUT2D eigenvalue weighted by molar-refractivity contribution is -0.252. The molecular weight excluding hydrogens is 528 g/mol. The molecule has 0 aliphatic heterocycles. The highest BCUT2D eigenvalue weighted by Crippen LogP contribution is 2.77. The maximum atomic E-state index is 12.6. The molecule has 0 aromatic heterocycles. The van der Waals surface area contributed by atoms with Crippen molar-refractivity contribution in [1.82, 2.24) is 0 Å². The van der Waals surface area contributed by atoms with Crippen molar-refractivity contribution in [3.63, 3.8) is 0 Å². The molecule has 0 aromatic rings. The lowest BCUT2D eigenvalue weighted by Gasteiger charge is -2.73. The van der Waals surface area contributed by atoms with Gasteiger partial charge in [-0.25, -0.2) is 0 Å². The van der Waals surface area contributed by atoms with Crippen molar-refractivity contribution in [3.05, 3.63) is 12.2 Å². The van der Waals surface area contributed by atoms with Crippen molar-refractivity contribution in [2.24, 2.45) is 56.7 Å². The second kappa shape index (κ2) is 10.6. The highest BCUT2D eigenvalue weighted by Gasteiger charge is 2.71. The molecule has 5 aliphatic carbocycles. The van der Waals surface area contributed by atoms with Crippen LogP contribution in [-0.2, 0) is 23.9 Å². The maximum Gasteiger partial charge on any atom is 0.306 e. The lowest BCUT2D eigenvalue weighted by atomic mass is 9.32. The van der Waals surface area contributed by atoms with Gasteiger partial charge in [-0.3, -0.25) is 14.4 Å². The Labute approximate surface area is 253 Å². The number of carbonyl (C=O) groups is 3. The van der Waals surface area contributed by atoms with E-state index in [0.29, 0.717) is 36.2 Å². The van der Waals surface area contributed by atoms with Gasteiger partial charge in [-0.05, 0) is 117 Å². The molecule has 5 rings (SSSR count). The van der Waals surface area contributed by atoms with E-state index in [2.05, 4.69) is 48.1 Å². The fourth-order valence-electron chi connectivity index (χ4n) is 12.4. The van der Waals surface area contributed by atoms with Gasteiger partial charge in [0.25, 0.3) is 0 Å². The van der Waals surface area contributed by atoms with Crippen LogP contribution in [0.15, 0.2) is 12.2 Å². The smallest absolute Gasteiger partial charge is 0.306 e. The number of rotatable bonds is 7. The van der Waals surface area contributed by atoms with E-state index in [0.717, 1.165) is 38.5 Å². The predicted octanol–water partition coefficient (Wildman–Crippen LogP) is 7.98. The van der Waals surface area contributed by atoms with Gasteiger partial charge in [0, 0.05) is 17.8 Å². The first kappa shape index (κ1) is 31.6. The van der Waals surface area contributed by atoms with Gasteiger partial charge in [0.15, 0.2) is 0 Å². The molecule has 5 saturated carbocycles. The summed E-state index contributed by atoms with van der Waals surface area (Å²) in [4.78, 5) is 35.5. The van der Waals surface area contributed by atoms with Gasteiger partial charge in [0.05, 0.1) is 19.4 Å². The predicted molar refractivity (Wildman–Crippen MR) is 162 cm³/mol. The molecule has 0 radical (unpaired) electrons. The van der Waals surface area contributed by atoms with Crippen LogP contribution in [0.5, 0.6) is 0 Å². The average molecular weight is 585 g/mol. The number of carboxylic acid groups (broad SMARTS) is 1. The van der Waals surface area contributed by atoms with Crippen LogP contribution >= 0.6 is 0 Å². The van der Waals surface area contributed by atoms with Crippen molar-refractivity contribution >= 4 is 17.9 Å². The summed E-state index contributed by atoms with van der Waals surface area (Å²) in [6.07, 6.45) is 10.9. The number of fused-ring (bicyclic) bond motifs is 7. The molecule has 0 saturated heterocycles. The Morgan fingerprint density at radius 2 is 1.52 bits per heavy atom. The van der Waals surface area contributed by atoms with Gasteiger partial charge in [-0.2, -0.15) is 0 Å². The van der Waals surface area contributed by atoms with Crippen molar-refractivity contribution in [1.29, 1.82) is 0 Å². The van der Waals surface area contributed by atoms with Gasteiger partial charge in [0.2, 0.25) is 0 Å². The maximum absolute atomic E-state index is 12.6. The Bertz CT molecular complexity index is 1130. The van der Waals surface area contributed by atoms with Gasteiger partial charge < -0.3 is 14.6 Å². The number of carbonyl (C=O) groups excluding carboxylic acids is 2. The van der Waals surface area contributed by atoms with Crippen LogP contribution in [-0.4, -0.2) is 35.7 Å². The van der Waals surface area contributed by atoms with E-state index in [1.54, 1.807) is 6.92 Å². The van der Waals surface area contributed by atoms with E-state index >= 15 is 0 Å². The summed E-state index contributed by atoms with van der Waals surface area (Å²) >= 11 is 0. The molecule has 0 amide bonds. The fraction of sp³-hybridized carbons (Fsp3) is 0.861.